The van der Waals surface area contributed by atoms with Gasteiger partial charge in [0, 0.05) is 24.5 Å². The zero-order valence-electron chi connectivity index (χ0n) is 12.2. The van der Waals surface area contributed by atoms with Crippen LogP contribution in [0.1, 0.15) is 42.5 Å². The van der Waals surface area contributed by atoms with E-state index < -0.39 is 0 Å². The number of aromatic nitrogens is 1. The number of rotatable bonds is 5. The quantitative estimate of drug-likeness (QED) is 0.876. The number of pyridine rings is 1. The number of nitrogens with one attached hydrogen (secondary N) is 2. The van der Waals surface area contributed by atoms with Gasteiger partial charge in [-0.1, -0.05) is 19.3 Å². The average Bonchev–Trinajstić information content (AvgIpc) is 2.53. The smallest absolute Gasteiger partial charge is 0.255 e. The topological polar surface area (TPSA) is 54.0 Å². The Bertz CT molecular complexity index is 458. The third kappa shape index (κ3) is 3.45. The Kier molecular flexibility index (Phi) is 5.29. The molecule has 20 heavy (non-hydrogen) atoms. The van der Waals surface area contributed by atoms with E-state index >= 15 is 0 Å². The molecule has 1 fully saturated rings. The fraction of sp³-hybridized carbons (Fsp3) is 0.600. The van der Waals surface area contributed by atoms with Gasteiger partial charge in [0.15, 0.2) is 0 Å². The van der Waals surface area contributed by atoms with Crippen molar-refractivity contribution in [2.45, 2.75) is 36.9 Å². The molecule has 1 aliphatic rings. The van der Waals surface area contributed by atoms with E-state index in [0.29, 0.717) is 11.4 Å². The Labute approximate surface area is 125 Å². The number of amides is 1. The maximum absolute atomic E-state index is 12.3. The molecule has 0 saturated heterocycles. The van der Waals surface area contributed by atoms with E-state index in [4.69, 9.17) is 0 Å². The molecule has 2 N–H and O–H groups in total. The molecular weight excluding hydrogens is 270 g/mol. The zero-order valence-corrected chi connectivity index (χ0v) is 13.1. The minimum atomic E-state index is -0.0403. The van der Waals surface area contributed by atoms with Crippen LogP contribution in [0.3, 0.4) is 0 Å². The van der Waals surface area contributed by atoms with Gasteiger partial charge in [0.25, 0.3) is 5.91 Å². The Morgan fingerprint density at radius 1 is 1.40 bits per heavy atom. The fourth-order valence-electron chi connectivity index (χ4n) is 2.77. The third-order valence-electron chi connectivity index (χ3n) is 4.06. The van der Waals surface area contributed by atoms with Crippen LogP contribution in [0.25, 0.3) is 0 Å². The van der Waals surface area contributed by atoms with E-state index in [1.54, 1.807) is 25.4 Å². The Morgan fingerprint density at radius 3 is 2.80 bits per heavy atom. The molecule has 0 bridgehead atoms. The van der Waals surface area contributed by atoms with Gasteiger partial charge in [-0.2, -0.15) is 11.8 Å². The summed E-state index contributed by atoms with van der Waals surface area (Å²) in [5.74, 6) is 0.591. The maximum atomic E-state index is 12.3. The van der Waals surface area contributed by atoms with E-state index in [0.717, 1.165) is 6.54 Å². The van der Waals surface area contributed by atoms with Crippen molar-refractivity contribution in [3.05, 3.63) is 23.9 Å². The molecule has 0 spiro atoms. The summed E-state index contributed by atoms with van der Waals surface area (Å²) in [7, 11) is 1.78. The minimum Gasteiger partial charge on any atom is -0.372 e. The molecule has 1 aliphatic carbocycles. The summed E-state index contributed by atoms with van der Waals surface area (Å²) >= 11 is 1.89. The van der Waals surface area contributed by atoms with Crippen LogP contribution in [0.15, 0.2) is 18.3 Å². The molecule has 1 saturated carbocycles. The standard InChI is InChI=1S/C15H23N3OS/c1-16-13-12(7-6-10-17-13)14(19)18-11-15(20-2)8-4-3-5-9-15/h6-7,10H,3-5,8-9,11H2,1-2H3,(H,16,17)(H,18,19). The monoisotopic (exact) mass is 293 g/mol. The van der Waals surface area contributed by atoms with Gasteiger partial charge in [-0.05, 0) is 31.2 Å². The molecule has 0 aliphatic heterocycles. The molecule has 110 valence electrons. The summed E-state index contributed by atoms with van der Waals surface area (Å²) in [6.07, 6.45) is 10.1. The lowest BCUT2D eigenvalue weighted by atomic mass is 9.88. The molecule has 5 heteroatoms. The average molecular weight is 293 g/mol. The van der Waals surface area contributed by atoms with Crippen LogP contribution in [0.5, 0.6) is 0 Å². The highest BCUT2D eigenvalue weighted by atomic mass is 32.2. The van der Waals surface area contributed by atoms with Crippen LogP contribution >= 0.6 is 11.8 Å². The highest BCUT2D eigenvalue weighted by Gasteiger charge is 2.31. The number of hydrogen-bond acceptors (Lipinski definition) is 4. The molecule has 0 radical (unpaired) electrons. The van der Waals surface area contributed by atoms with Gasteiger partial charge < -0.3 is 10.6 Å². The lowest BCUT2D eigenvalue weighted by Crippen LogP contribution is -2.41. The first kappa shape index (κ1) is 15.2. The summed E-state index contributed by atoms with van der Waals surface area (Å²) in [5.41, 5.74) is 0.613. The van der Waals surface area contributed by atoms with Crippen LogP contribution in [0, 0.1) is 0 Å². The molecule has 1 aromatic rings. The second kappa shape index (κ2) is 6.97. The Morgan fingerprint density at radius 2 is 2.15 bits per heavy atom. The molecule has 0 aromatic carbocycles. The summed E-state index contributed by atoms with van der Waals surface area (Å²) in [6, 6.07) is 3.60. The van der Waals surface area contributed by atoms with Gasteiger partial charge in [0.2, 0.25) is 0 Å². The third-order valence-corrected chi connectivity index (χ3v) is 5.48. The summed E-state index contributed by atoms with van der Waals surface area (Å²) in [5, 5.41) is 6.06. The van der Waals surface area contributed by atoms with E-state index in [1.807, 2.05) is 11.8 Å². The second-order valence-electron chi connectivity index (χ2n) is 5.28. The first-order valence-corrected chi connectivity index (χ1v) is 8.39. The number of hydrogen-bond donors (Lipinski definition) is 2. The molecule has 2 rings (SSSR count). The van der Waals surface area contributed by atoms with Crippen molar-refractivity contribution in [1.29, 1.82) is 0 Å². The van der Waals surface area contributed by atoms with Gasteiger partial charge >= 0.3 is 0 Å². The second-order valence-corrected chi connectivity index (χ2v) is 6.55. The predicted molar refractivity (Wildman–Crippen MR) is 85.4 cm³/mol. The lowest BCUT2D eigenvalue weighted by molar-refractivity contribution is 0.0947. The summed E-state index contributed by atoms with van der Waals surface area (Å²) in [4.78, 5) is 16.5. The number of carbonyl (C=O) groups excluding carboxylic acids is 1. The molecule has 0 atom stereocenters. The van der Waals surface area contributed by atoms with Crippen LogP contribution < -0.4 is 10.6 Å². The van der Waals surface area contributed by atoms with E-state index in [1.165, 1.54) is 32.1 Å². The fourth-order valence-corrected chi connectivity index (χ4v) is 3.69. The first-order valence-electron chi connectivity index (χ1n) is 7.17. The van der Waals surface area contributed by atoms with Crippen molar-refractivity contribution in [2.24, 2.45) is 0 Å². The number of thioether (sulfide) groups is 1. The van der Waals surface area contributed by atoms with Crippen LogP contribution in [0.2, 0.25) is 0 Å². The molecule has 1 amide bonds. The SMILES string of the molecule is CNc1ncccc1C(=O)NCC1(SC)CCCCC1. The lowest BCUT2D eigenvalue weighted by Gasteiger charge is -2.35. The normalized spacial score (nSPS) is 17.5. The van der Waals surface area contributed by atoms with Gasteiger partial charge in [-0.3, -0.25) is 4.79 Å². The van der Waals surface area contributed by atoms with Gasteiger partial charge in [-0.25, -0.2) is 4.98 Å². The van der Waals surface area contributed by atoms with Gasteiger partial charge in [0.1, 0.15) is 5.82 Å². The molecule has 1 heterocycles. The van der Waals surface area contributed by atoms with Crippen molar-refractivity contribution in [3.8, 4) is 0 Å². The first-order chi connectivity index (χ1) is 9.71. The number of carbonyl (C=O) groups is 1. The van der Waals surface area contributed by atoms with Crippen LogP contribution in [0.4, 0.5) is 5.82 Å². The van der Waals surface area contributed by atoms with E-state index in [9.17, 15) is 4.79 Å². The van der Waals surface area contributed by atoms with Crippen molar-refractivity contribution < 1.29 is 4.79 Å². The number of anilines is 1. The maximum Gasteiger partial charge on any atom is 0.255 e. The zero-order chi connectivity index (χ0) is 14.4. The van der Waals surface area contributed by atoms with Crippen molar-refractivity contribution in [3.63, 3.8) is 0 Å². The molecule has 4 nitrogen and oxygen atoms in total. The van der Waals surface area contributed by atoms with Gasteiger partial charge in [0.05, 0.1) is 5.56 Å². The highest BCUT2D eigenvalue weighted by Crippen LogP contribution is 2.38. The Hall–Kier alpha value is -1.23. The predicted octanol–water partition coefficient (Wildman–Crippen LogP) is 2.92. The largest absolute Gasteiger partial charge is 0.372 e. The minimum absolute atomic E-state index is 0.0403. The molecular formula is C15H23N3OS. The van der Waals surface area contributed by atoms with E-state index in [2.05, 4.69) is 21.9 Å². The van der Waals surface area contributed by atoms with Crippen LogP contribution in [-0.4, -0.2) is 35.5 Å². The van der Waals surface area contributed by atoms with E-state index in [-0.39, 0.29) is 10.7 Å². The van der Waals surface area contributed by atoms with Crippen molar-refractivity contribution in [2.75, 3.05) is 25.2 Å². The summed E-state index contributed by atoms with van der Waals surface area (Å²) < 4.78 is 0.218. The molecule has 0 unspecified atom stereocenters. The van der Waals surface area contributed by atoms with Crippen LogP contribution in [-0.2, 0) is 0 Å². The number of nitrogens with zero attached hydrogens (tertiary/aromatic N) is 1. The summed E-state index contributed by atoms with van der Waals surface area (Å²) in [6.45, 7) is 0.741. The van der Waals surface area contributed by atoms with Crippen molar-refractivity contribution in [1.82, 2.24) is 10.3 Å². The Balaban J connectivity index is 2.00. The van der Waals surface area contributed by atoms with Crippen molar-refractivity contribution >= 4 is 23.5 Å². The highest BCUT2D eigenvalue weighted by molar-refractivity contribution is 8.00. The molecule has 1 aromatic heterocycles. The van der Waals surface area contributed by atoms with Gasteiger partial charge in [-0.15, -0.1) is 0 Å².